The normalized spacial score (nSPS) is 34.3. The minimum Gasteiger partial charge on any atom is -0.329 e. The monoisotopic (exact) mass is 268 g/mol. The second kappa shape index (κ2) is 6.53. The summed E-state index contributed by atoms with van der Waals surface area (Å²) in [6, 6.07) is 0.645. The lowest BCUT2D eigenvalue weighted by atomic mass is 9.82. The van der Waals surface area contributed by atoms with E-state index in [-0.39, 0.29) is 5.54 Å². The van der Waals surface area contributed by atoms with Crippen molar-refractivity contribution in [3.8, 4) is 0 Å². The molecule has 2 rings (SSSR count). The van der Waals surface area contributed by atoms with E-state index in [4.69, 9.17) is 5.73 Å². The Labute approximate surface area is 118 Å². The number of likely N-dealkylation sites (N-methyl/N-ethyl adjacent to an activating group) is 1. The fourth-order valence-electron chi connectivity index (χ4n) is 3.64. The van der Waals surface area contributed by atoms with Crippen molar-refractivity contribution in [3.63, 3.8) is 0 Å². The first-order chi connectivity index (χ1) is 9.07. The molecule has 0 aromatic heterocycles. The van der Waals surface area contributed by atoms with Crippen LogP contribution in [0.4, 0.5) is 0 Å². The Morgan fingerprint density at radius 3 is 2.53 bits per heavy atom. The molecule has 2 aliphatic heterocycles. The molecule has 0 aliphatic carbocycles. The largest absolute Gasteiger partial charge is 0.329 e. The molecule has 4 nitrogen and oxygen atoms in total. The standard InChI is InChI=1S/C15H32N4/c1-14-12-15(13-16,6-9-17(14)2)18(3)10-11-19-7-4-5-8-19/h14H,4-13,16H2,1-3H3. The number of likely N-dealkylation sites (tertiary alicyclic amines) is 2. The maximum atomic E-state index is 6.16. The molecule has 2 unspecified atom stereocenters. The molecule has 2 heterocycles. The molecule has 2 atom stereocenters. The minimum absolute atomic E-state index is 0.228. The van der Waals surface area contributed by atoms with Crippen LogP contribution in [0.1, 0.15) is 32.6 Å². The lowest BCUT2D eigenvalue weighted by Crippen LogP contribution is -2.60. The molecular formula is C15H32N4. The van der Waals surface area contributed by atoms with E-state index in [1.807, 2.05) is 0 Å². The highest BCUT2D eigenvalue weighted by molar-refractivity contribution is 4.97. The van der Waals surface area contributed by atoms with Gasteiger partial charge in [0.15, 0.2) is 0 Å². The van der Waals surface area contributed by atoms with E-state index in [2.05, 4.69) is 35.7 Å². The molecule has 2 N–H and O–H groups in total. The Kier molecular flexibility index (Phi) is 5.23. The van der Waals surface area contributed by atoms with E-state index < -0.39 is 0 Å². The van der Waals surface area contributed by atoms with E-state index in [0.717, 1.165) is 13.1 Å². The van der Waals surface area contributed by atoms with Crippen LogP contribution in [0.25, 0.3) is 0 Å². The first kappa shape index (κ1) is 15.2. The smallest absolute Gasteiger partial charge is 0.0356 e. The molecule has 0 radical (unpaired) electrons. The van der Waals surface area contributed by atoms with E-state index in [0.29, 0.717) is 6.04 Å². The average Bonchev–Trinajstić information content (AvgIpc) is 2.92. The summed E-state index contributed by atoms with van der Waals surface area (Å²) in [5, 5.41) is 0. The van der Waals surface area contributed by atoms with Crippen LogP contribution >= 0.6 is 0 Å². The maximum absolute atomic E-state index is 6.16. The SMILES string of the molecule is CC1CC(CN)(N(C)CCN2CCCC2)CCN1C. The van der Waals surface area contributed by atoms with Gasteiger partial charge in [0.1, 0.15) is 0 Å². The quantitative estimate of drug-likeness (QED) is 0.801. The molecule has 0 bridgehead atoms. The molecule has 0 amide bonds. The van der Waals surface area contributed by atoms with Gasteiger partial charge < -0.3 is 15.5 Å². The lowest BCUT2D eigenvalue weighted by molar-refractivity contribution is 0.0228. The number of nitrogens with zero attached hydrogens (tertiary/aromatic N) is 3. The molecule has 112 valence electrons. The van der Waals surface area contributed by atoms with Crippen LogP contribution < -0.4 is 5.73 Å². The zero-order valence-corrected chi connectivity index (χ0v) is 13.1. The molecule has 0 aromatic rings. The predicted octanol–water partition coefficient (Wildman–Crippen LogP) is 0.826. The third kappa shape index (κ3) is 3.48. The van der Waals surface area contributed by atoms with Crippen LogP contribution in [0.5, 0.6) is 0 Å². The predicted molar refractivity (Wildman–Crippen MR) is 81.4 cm³/mol. The topological polar surface area (TPSA) is 35.7 Å². The second-order valence-corrected chi connectivity index (χ2v) is 6.68. The van der Waals surface area contributed by atoms with Gasteiger partial charge in [-0.15, -0.1) is 0 Å². The number of rotatable bonds is 5. The molecule has 19 heavy (non-hydrogen) atoms. The van der Waals surface area contributed by atoms with Crippen LogP contribution in [0.3, 0.4) is 0 Å². The van der Waals surface area contributed by atoms with Crippen molar-refractivity contribution in [3.05, 3.63) is 0 Å². The number of piperidine rings is 1. The van der Waals surface area contributed by atoms with Gasteiger partial charge in [0.2, 0.25) is 0 Å². The van der Waals surface area contributed by atoms with Crippen molar-refractivity contribution in [1.29, 1.82) is 0 Å². The van der Waals surface area contributed by atoms with Crippen molar-refractivity contribution in [2.75, 3.05) is 53.4 Å². The summed E-state index contributed by atoms with van der Waals surface area (Å²) in [4.78, 5) is 7.61. The van der Waals surface area contributed by atoms with Gasteiger partial charge in [-0.1, -0.05) is 0 Å². The Bertz CT molecular complexity index is 277. The molecule has 2 aliphatic rings. The third-order valence-electron chi connectivity index (χ3n) is 5.50. The number of hydrogen-bond donors (Lipinski definition) is 1. The molecule has 4 heteroatoms. The van der Waals surface area contributed by atoms with Gasteiger partial charge >= 0.3 is 0 Å². The van der Waals surface area contributed by atoms with Crippen LogP contribution in [-0.2, 0) is 0 Å². The molecular weight excluding hydrogens is 236 g/mol. The van der Waals surface area contributed by atoms with Crippen LogP contribution in [0.2, 0.25) is 0 Å². The Morgan fingerprint density at radius 2 is 1.95 bits per heavy atom. The van der Waals surface area contributed by atoms with Crippen molar-refractivity contribution < 1.29 is 0 Å². The van der Waals surface area contributed by atoms with E-state index >= 15 is 0 Å². The van der Waals surface area contributed by atoms with Gasteiger partial charge in [-0.2, -0.15) is 0 Å². The van der Waals surface area contributed by atoms with Crippen molar-refractivity contribution in [2.24, 2.45) is 5.73 Å². The molecule has 0 spiro atoms. The van der Waals surface area contributed by atoms with Gasteiger partial charge in [-0.05, 0) is 66.3 Å². The average molecular weight is 268 g/mol. The highest BCUT2D eigenvalue weighted by Crippen LogP contribution is 2.30. The Hall–Kier alpha value is -0.160. The van der Waals surface area contributed by atoms with Gasteiger partial charge in [0, 0.05) is 31.2 Å². The summed E-state index contributed by atoms with van der Waals surface area (Å²) in [6.07, 6.45) is 5.18. The highest BCUT2D eigenvalue weighted by atomic mass is 15.3. The molecule has 2 saturated heterocycles. The summed E-state index contributed by atoms with van der Waals surface area (Å²) in [7, 11) is 4.51. The van der Waals surface area contributed by atoms with E-state index in [9.17, 15) is 0 Å². The van der Waals surface area contributed by atoms with Gasteiger partial charge in [-0.25, -0.2) is 0 Å². The molecule has 2 fully saturated rings. The van der Waals surface area contributed by atoms with Gasteiger partial charge in [0.25, 0.3) is 0 Å². The van der Waals surface area contributed by atoms with E-state index in [1.54, 1.807) is 0 Å². The Morgan fingerprint density at radius 1 is 1.26 bits per heavy atom. The third-order valence-corrected chi connectivity index (χ3v) is 5.50. The summed E-state index contributed by atoms with van der Waals surface area (Å²) >= 11 is 0. The summed E-state index contributed by atoms with van der Waals surface area (Å²) in [5.41, 5.74) is 6.38. The Balaban J connectivity index is 1.88. The summed E-state index contributed by atoms with van der Waals surface area (Å²) in [5.74, 6) is 0. The second-order valence-electron chi connectivity index (χ2n) is 6.68. The van der Waals surface area contributed by atoms with E-state index in [1.165, 1.54) is 51.9 Å². The first-order valence-electron chi connectivity index (χ1n) is 7.91. The lowest BCUT2D eigenvalue weighted by Gasteiger charge is -2.49. The maximum Gasteiger partial charge on any atom is 0.0356 e. The minimum atomic E-state index is 0.228. The number of nitrogens with two attached hydrogens (primary N) is 1. The van der Waals surface area contributed by atoms with Crippen molar-refractivity contribution in [1.82, 2.24) is 14.7 Å². The van der Waals surface area contributed by atoms with Crippen molar-refractivity contribution in [2.45, 2.75) is 44.2 Å². The highest BCUT2D eigenvalue weighted by Gasteiger charge is 2.39. The zero-order valence-electron chi connectivity index (χ0n) is 13.1. The van der Waals surface area contributed by atoms with Crippen LogP contribution in [0.15, 0.2) is 0 Å². The van der Waals surface area contributed by atoms with Crippen molar-refractivity contribution >= 4 is 0 Å². The van der Waals surface area contributed by atoms with Crippen LogP contribution in [-0.4, -0.2) is 79.6 Å². The fraction of sp³-hybridized carbons (Fsp3) is 1.00. The summed E-state index contributed by atoms with van der Waals surface area (Å²) in [6.45, 7) is 9.26. The van der Waals surface area contributed by atoms with Gasteiger partial charge in [-0.3, -0.25) is 4.90 Å². The van der Waals surface area contributed by atoms with Crippen LogP contribution in [0, 0.1) is 0 Å². The molecule has 0 aromatic carbocycles. The number of hydrogen-bond acceptors (Lipinski definition) is 4. The first-order valence-corrected chi connectivity index (χ1v) is 7.91. The van der Waals surface area contributed by atoms with Gasteiger partial charge in [0.05, 0.1) is 0 Å². The molecule has 0 saturated carbocycles. The summed E-state index contributed by atoms with van der Waals surface area (Å²) < 4.78 is 0. The fourth-order valence-corrected chi connectivity index (χ4v) is 3.64. The zero-order chi connectivity index (χ0) is 13.9.